The van der Waals surface area contributed by atoms with Crippen molar-refractivity contribution in [1.29, 1.82) is 0 Å². The molecular weight excluding hydrogens is 302 g/mol. The van der Waals surface area contributed by atoms with Crippen molar-refractivity contribution in [3.05, 3.63) is 22.4 Å². The molecule has 0 spiro atoms. The van der Waals surface area contributed by atoms with Crippen LogP contribution in [0.2, 0.25) is 0 Å². The number of hydrogen-bond donors (Lipinski definition) is 1. The van der Waals surface area contributed by atoms with Crippen molar-refractivity contribution in [3.63, 3.8) is 0 Å². The van der Waals surface area contributed by atoms with Crippen LogP contribution >= 0.6 is 11.3 Å². The van der Waals surface area contributed by atoms with Crippen molar-refractivity contribution in [2.24, 2.45) is 4.99 Å². The fourth-order valence-corrected chi connectivity index (χ4v) is 3.38. The first-order valence-corrected chi connectivity index (χ1v) is 9.37. The second-order valence-electron chi connectivity index (χ2n) is 5.89. The third kappa shape index (κ3) is 6.61. The molecular formula is C15H27N3OS2. The van der Waals surface area contributed by atoms with Gasteiger partial charge in [-0.1, -0.05) is 6.07 Å². The van der Waals surface area contributed by atoms with Crippen molar-refractivity contribution in [2.45, 2.75) is 31.9 Å². The molecule has 1 aromatic heterocycles. The summed E-state index contributed by atoms with van der Waals surface area (Å²) in [5.74, 6) is 1.50. The molecule has 0 fully saturated rings. The molecule has 0 saturated heterocycles. The number of thiophene rings is 1. The molecule has 0 radical (unpaired) electrons. The highest BCUT2D eigenvalue weighted by molar-refractivity contribution is 7.86. The summed E-state index contributed by atoms with van der Waals surface area (Å²) in [7, 11) is 2.98. The van der Waals surface area contributed by atoms with Gasteiger partial charge in [-0.2, -0.15) is 0 Å². The molecule has 6 heteroatoms. The van der Waals surface area contributed by atoms with Crippen molar-refractivity contribution >= 4 is 28.1 Å². The number of nitrogens with zero attached hydrogens (tertiary/aromatic N) is 2. The zero-order chi connectivity index (χ0) is 15.9. The minimum absolute atomic E-state index is 0.156. The summed E-state index contributed by atoms with van der Waals surface area (Å²) in [6.45, 7) is 7.61. The Balaban J connectivity index is 2.35. The molecule has 1 atom stereocenters. The molecule has 1 heterocycles. The lowest BCUT2D eigenvalue weighted by Crippen LogP contribution is -2.42. The lowest BCUT2D eigenvalue weighted by molar-refractivity contribution is 0.489. The van der Waals surface area contributed by atoms with Gasteiger partial charge in [-0.15, -0.1) is 11.3 Å². The molecule has 4 nitrogen and oxygen atoms in total. The summed E-state index contributed by atoms with van der Waals surface area (Å²) in [5.41, 5.74) is 0. The minimum atomic E-state index is -0.831. The van der Waals surface area contributed by atoms with Gasteiger partial charge in [0.05, 0.1) is 0 Å². The summed E-state index contributed by atoms with van der Waals surface area (Å²) < 4.78 is 11.8. The number of likely N-dealkylation sites (N-methyl/N-ethyl adjacent to an activating group) is 1. The topological polar surface area (TPSA) is 44.7 Å². The van der Waals surface area contributed by atoms with Crippen molar-refractivity contribution < 1.29 is 4.21 Å². The molecule has 1 unspecified atom stereocenters. The van der Waals surface area contributed by atoms with Gasteiger partial charge in [0, 0.05) is 53.4 Å². The lowest BCUT2D eigenvalue weighted by Gasteiger charge is -2.23. The summed E-state index contributed by atoms with van der Waals surface area (Å²) in [6, 6.07) is 4.23. The molecule has 0 bridgehead atoms. The van der Waals surface area contributed by atoms with E-state index in [1.807, 2.05) is 27.8 Å². The molecule has 0 aliphatic rings. The number of nitrogens with one attached hydrogen (secondary N) is 1. The Labute approximate surface area is 135 Å². The molecule has 0 aromatic carbocycles. The average molecular weight is 330 g/mol. The molecule has 1 N–H and O–H groups in total. The summed E-state index contributed by atoms with van der Waals surface area (Å²) in [4.78, 5) is 7.77. The van der Waals surface area contributed by atoms with Gasteiger partial charge in [0.1, 0.15) is 0 Å². The zero-order valence-electron chi connectivity index (χ0n) is 13.7. The third-order valence-corrected chi connectivity index (χ3v) is 5.98. The standard InChI is InChI=1S/C15H27N3OS2/c1-15(2,3)21(19)12-9-17-14(16-4)18(5)10-8-13-7-6-11-20-13/h6-7,11H,8-10,12H2,1-5H3,(H,16,17). The highest BCUT2D eigenvalue weighted by Gasteiger charge is 2.18. The first kappa shape index (κ1) is 18.2. The van der Waals surface area contributed by atoms with E-state index in [-0.39, 0.29) is 4.75 Å². The molecule has 1 aromatic rings. The van der Waals surface area contributed by atoms with E-state index >= 15 is 0 Å². The van der Waals surface area contributed by atoms with Crippen LogP contribution in [0.1, 0.15) is 25.6 Å². The smallest absolute Gasteiger partial charge is 0.193 e. The van der Waals surface area contributed by atoms with Crippen LogP contribution in [0.5, 0.6) is 0 Å². The number of hydrogen-bond acceptors (Lipinski definition) is 3. The van der Waals surface area contributed by atoms with E-state index < -0.39 is 10.8 Å². The fraction of sp³-hybridized carbons (Fsp3) is 0.667. The van der Waals surface area contributed by atoms with Gasteiger partial charge >= 0.3 is 0 Å². The van der Waals surface area contributed by atoms with Crippen molar-refractivity contribution in [2.75, 3.05) is 32.9 Å². The predicted octanol–water partition coefficient (Wildman–Crippen LogP) is 2.34. The van der Waals surface area contributed by atoms with E-state index in [9.17, 15) is 4.21 Å². The molecule has 0 saturated carbocycles. The van der Waals surface area contributed by atoms with E-state index in [2.05, 4.69) is 32.7 Å². The Kier molecular flexibility index (Phi) is 7.39. The van der Waals surface area contributed by atoms with Crippen LogP contribution < -0.4 is 5.32 Å². The van der Waals surface area contributed by atoms with Gasteiger partial charge in [-0.3, -0.25) is 9.20 Å². The van der Waals surface area contributed by atoms with Crippen LogP contribution in [-0.4, -0.2) is 52.8 Å². The summed E-state index contributed by atoms with van der Waals surface area (Å²) in [5, 5.41) is 5.39. The summed E-state index contributed by atoms with van der Waals surface area (Å²) in [6.07, 6.45) is 1.02. The molecule has 21 heavy (non-hydrogen) atoms. The lowest BCUT2D eigenvalue weighted by atomic mass is 10.3. The maximum absolute atomic E-state index is 12.0. The number of guanidine groups is 1. The van der Waals surface area contributed by atoms with Gasteiger partial charge in [-0.05, 0) is 38.6 Å². The Morgan fingerprint density at radius 1 is 1.48 bits per heavy atom. The van der Waals surface area contributed by atoms with Crippen molar-refractivity contribution in [1.82, 2.24) is 10.2 Å². The van der Waals surface area contributed by atoms with Gasteiger partial charge in [-0.25, -0.2) is 0 Å². The van der Waals surface area contributed by atoms with Gasteiger partial charge in [0.25, 0.3) is 0 Å². The average Bonchev–Trinajstić information content (AvgIpc) is 2.92. The van der Waals surface area contributed by atoms with Crippen LogP contribution in [-0.2, 0) is 17.2 Å². The zero-order valence-corrected chi connectivity index (χ0v) is 15.3. The molecule has 0 aliphatic carbocycles. The number of aliphatic imine (C=N–C) groups is 1. The van der Waals surface area contributed by atoms with Crippen LogP contribution in [0.4, 0.5) is 0 Å². The molecule has 120 valence electrons. The molecule has 1 rings (SSSR count). The van der Waals surface area contributed by atoms with E-state index in [1.54, 1.807) is 18.4 Å². The fourth-order valence-electron chi connectivity index (χ4n) is 1.79. The quantitative estimate of drug-likeness (QED) is 0.643. The normalized spacial score (nSPS) is 14.0. The van der Waals surface area contributed by atoms with Crippen molar-refractivity contribution in [3.8, 4) is 0 Å². The van der Waals surface area contributed by atoms with E-state index in [1.165, 1.54) is 4.88 Å². The van der Waals surface area contributed by atoms with Gasteiger partial charge in [0.2, 0.25) is 0 Å². The summed E-state index contributed by atoms with van der Waals surface area (Å²) >= 11 is 1.78. The molecule has 0 aliphatic heterocycles. The van der Waals surface area contributed by atoms with Crippen LogP contribution in [0, 0.1) is 0 Å². The Hall–Kier alpha value is -0.880. The van der Waals surface area contributed by atoms with E-state index in [0.717, 1.165) is 18.9 Å². The maximum atomic E-state index is 12.0. The second kappa shape index (κ2) is 8.54. The Morgan fingerprint density at radius 3 is 2.71 bits per heavy atom. The van der Waals surface area contributed by atoms with Crippen LogP contribution in [0.25, 0.3) is 0 Å². The largest absolute Gasteiger partial charge is 0.355 e. The monoisotopic (exact) mass is 329 g/mol. The van der Waals surface area contributed by atoms with E-state index in [4.69, 9.17) is 0 Å². The highest BCUT2D eigenvalue weighted by atomic mass is 32.2. The third-order valence-electron chi connectivity index (χ3n) is 3.10. The van der Waals surface area contributed by atoms with Crippen LogP contribution in [0.3, 0.4) is 0 Å². The van der Waals surface area contributed by atoms with Crippen LogP contribution in [0.15, 0.2) is 22.5 Å². The first-order valence-electron chi connectivity index (χ1n) is 7.17. The number of rotatable bonds is 6. The van der Waals surface area contributed by atoms with Gasteiger partial charge < -0.3 is 10.2 Å². The Morgan fingerprint density at radius 2 is 2.19 bits per heavy atom. The van der Waals surface area contributed by atoms with Gasteiger partial charge in [0.15, 0.2) is 5.96 Å². The highest BCUT2D eigenvalue weighted by Crippen LogP contribution is 2.11. The first-order chi connectivity index (χ1) is 9.84. The second-order valence-corrected chi connectivity index (χ2v) is 9.24. The maximum Gasteiger partial charge on any atom is 0.193 e. The predicted molar refractivity (Wildman–Crippen MR) is 94.8 cm³/mol. The minimum Gasteiger partial charge on any atom is -0.355 e. The van der Waals surface area contributed by atoms with E-state index in [0.29, 0.717) is 12.3 Å². The molecule has 0 amide bonds. The SMILES string of the molecule is CN=C(NCCS(=O)C(C)(C)C)N(C)CCc1cccs1. The Bertz CT molecular complexity index is 464.